The first kappa shape index (κ1) is 45.9. The van der Waals surface area contributed by atoms with E-state index in [-0.39, 0.29) is 12.2 Å². The van der Waals surface area contributed by atoms with E-state index in [0.717, 1.165) is 122 Å². The van der Waals surface area contributed by atoms with Gasteiger partial charge in [0.25, 0.3) is 0 Å². The Kier molecular flexibility index (Phi) is 16.8. The molecule has 2 aliphatic heterocycles. The molecule has 2 aromatic heterocycles. The molecule has 4 unspecified atom stereocenters. The lowest BCUT2D eigenvalue weighted by atomic mass is 9.94. The first-order chi connectivity index (χ1) is 31.0. The molecule has 0 radical (unpaired) electrons. The molecular weight excluding hydrogens is 785 g/mol. The summed E-state index contributed by atoms with van der Waals surface area (Å²) >= 11 is 0. The molecule has 0 N–H and O–H groups in total. The summed E-state index contributed by atoms with van der Waals surface area (Å²) in [4.78, 5) is 19.0. The molecule has 4 fully saturated rings. The molecule has 0 amide bonds. The van der Waals surface area contributed by atoms with Crippen LogP contribution in [0.25, 0.3) is 22.3 Å². The van der Waals surface area contributed by atoms with E-state index < -0.39 is 23.8 Å². The average molecular weight is 859 g/mol. The molecule has 9 heteroatoms. The number of unbranched alkanes of at least 4 members (excludes halogenated alkanes) is 10. The largest absolute Gasteiger partial charge is 0.360 e. The van der Waals surface area contributed by atoms with Crippen LogP contribution in [-0.2, 0) is 36.5 Å². The Morgan fingerprint density at radius 1 is 0.476 bits per heavy atom. The van der Waals surface area contributed by atoms with Crippen LogP contribution in [0.4, 0.5) is 0 Å². The molecule has 2 spiro atoms. The van der Waals surface area contributed by atoms with Crippen LogP contribution in [0.3, 0.4) is 0 Å². The zero-order valence-corrected chi connectivity index (χ0v) is 38.5. The fourth-order valence-corrected chi connectivity index (χ4v) is 10.2. The number of nitrogens with zero attached hydrogens (tertiary/aromatic N) is 4. The van der Waals surface area contributed by atoms with Gasteiger partial charge in [-0.1, -0.05) is 139 Å². The van der Waals surface area contributed by atoms with E-state index in [2.05, 4.69) is 62.4 Å². The summed E-state index contributed by atoms with van der Waals surface area (Å²) in [5.41, 5.74) is 6.28. The van der Waals surface area contributed by atoms with Crippen molar-refractivity contribution >= 4 is 0 Å². The Morgan fingerprint density at radius 3 is 1.22 bits per heavy atom. The van der Waals surface area contributed by atoms with E-state index in [0.29, 0.717) is 13.2 Å². The zero-order valence-electron chi connectivity index (χ0n) is 38.5. The number of aryl methyl sites for hydroxylation is 2. The highest BCUT2D eigenvalue weighted by molar-refractivity contribution is 5.62. The molecule has 9 nitrogen and oxygen atoms in total. The van der Waals surface area contributed by atoms with Crippen molar-refractivity contribution in [1.29, 1.82) is 0 Å². The van der Waals surface area contributed by atoms with Crippen molar-refractivity contribution in [2.24, 2.45) is 0 Å². The van der Waals surface area contributed by atoms with Gasteiger partial charge in [0.2, 0.25) is 0 Å². The van der Waals surface area contributed by atoms with Crippen molar-refractivity contribution in [1.82, 2.24) is 19.9 Å². The topological polar surface area (TPSA) is 97.7 Å². The SMILES string of the molecule is CCCCCCCCc1ncc(-c2ccc(C(OC(c3ccc(-c4cnc(CCCCCCCC)nc4)cc3)C3COC4(CCCCC4)O3)C3COC4(CCCCC4)O3)cc2)cn1. The number of hydrogen-bond acceptors (Lipinski definition) is 9. The number of benzene rings is 2. The second-order valence-electron chi connectivity index (χ2n) is 18.9. The van der Waals surface area contributed by atoms with Gasteiger partial charge in [-0.3, -0.25) is 0 Å². The van der Waals surface area contributed by atoms with Crippen LogP contribution in [0.2, 0.25) is 0 Å². The van der Waals surface area contributed by atoms with Crippen LogP contribution in [0.15, 0.2) is 73.3 Å². The zero-order chi connectivity index (χ0) is 43.2. The van der Waals surface area contributed by atoms with Gasteiger partial charge in [-0.05, 0) is 60.8 Å². The minimum Gasteiger partial charge on any atom is -0.360 e. The van der Waals surface area contributed by atoms with Gasteiger partial charge in [-0.2, -0.15) is 0 Å². The van der Waals surface area contributed by atoms with Crippen molar-refractivity contribution in [2.75, 3.05) is 13.2 Å². The molecule has 8 rings (SSSR count). The summed E-state index contributed by atoms with van der Waals surface area (Å²) in [7, 11) is 0. The van der Waals surface area contributed by atoms with Crippen LogP contribution < -0.4 is 0 Å². The van der Waals surface area contributed by atoms with Crippen molar-refractivity contribution in [3.63, 3.8) is 0 Å². The lowest BCUT2D eigenvalue weighted by Crippen LogP contribution is -2.37. The highest BCUT2D eigenvalue weighted by Crippen LogP contribution is 2.47. The van der Waals surface area contributed by atoms with Crippen LogP contribution >= 0.6 is 0 Å². The van der Waals surface area contributed by atoms with Crippen LogP contribution in [-0.4, -0.2) is 56.9 Å². The summed E-state index contributed by atoms with van der Waals surface area (Å²) in [5.74, 6) is 0.765. The minimum absolute atomic E-state index is 0.279. The van der Waals surface area contributed by atoms with Gasteiger partial charge in [0.15, 0.2) is 11.6 Å². The van der Waals surface area contributed by atoms with E-state index >= 15 is 0 Å². The third-order valence-corrected chi connectivity index (χ3v) is 14.0. The third kappa shape index (κ3) is 12.4. The Balaban J connectivity index is 1.01. The summed E-state index contributed by atoms with van der Waals surface area (Å²) in [6.07, 6.45) is 34.1. The molecule has 4 aliphatic rings. The van der Waals surface area contributed by atoms with Crippen LogP contribution in [0.1, 0.15) is 190 Å². The number of rotatable bonds is 22. The van der Waals surface area contributed by atoms with Gasteiger partial charge < -0.3 is 23.7 Å². The summed E-state index contributed by atoms with van der Waals surface area (Å²) in [6.45, 7) is 5.48. The van der Waals surface area contributed by atoms with Gasteiger partial charge in [0.05, 0.1) is 13.2 Å². The van der Waals surface area contributed by atoms with Crippen LogP contribution in [0.5, 0.6) is 0 Å². The summed E-state index contributed by atoms with van der Waals surface area (Å²) in [5, 5.41) is 0. The Hall–Kier alpha value is -3.60. The minimum atomic E-state index is -0.540. The summed E-state index contributed by atoms with van der Waals surface area (Å²) in [6, 6.07) is 17.4. The number of aromatic nitrogens is 4. The Labute approximate surface area is 377 Å². The molecule has 4 atom stereocenters. The molecule has 340 valence electrons. The highest BCUT2D eigenvalue weighted by atomic mass is 16.8. The molecule has 2 saturated heterocycles. The van der Waals surface area contributed by atoms with E-state index in [9.17, 15) is 0 Å². The highest BCUT2D eigenvalue weighted by Gasteiger charge is 2.49. The van der Waals surface area contributed by atoms with Gasteiger partial charge >= 0.3 is 0 Å². The normalized spacial score (nSPS) is 21.6. The molecule has 4 aromatic rings. The first-order valence-corrected chi connectivity index (χ1v) is 25.2. The molecule has 2 aliphatic carbocycles. The maximum absolute atomic E-state index is 7.46. The lowest BCUT2D eigenvalue weighted by molar-refractivity contribution is -0.218. The predicted octanol–water partition coefficient (Wildman–Crippen LogP) is 13.4. The first-order valence-electron chi connectivity index (χ1n) is 25.2. The average Bonchev–Trinajstić information content (AvgIpc) is 3.93. The third-order valence-electron chi connectivity index (χ3n) is 14.0. The van der Waals surface area contributed by atoms with E-state index in [1.807, 2.05) is 24.8 Å². The molecule has 2 saturated carbocycles. The molecule has 2 aromatic carbocycles. The van der Waals surface area contributed by atoms with Crippen LogP contribution in [0, 0.1) is 0 Å². The summed E-state index contributed by atoms with van der Waals surface area (Å²) < 4.78 is 34.6. The molecule has 63 heavy (non-hydrogen) atoms. The van der Waals surface area contributed by atoms with Gasteiger partial charge in [0, 0.05) is 74.4 Å². The number of ether oxygens (including phenoxy) is 5. The van der Waals surface area contributed by atoms with Gasteiger partial charge in [-0.15, -0.1) is 0 Å². The second-order valence-corrected chi connectivity index (χ2v) is 18.9. The van der Waals surface area contributed by atoms with Crippen molar-refractivity contribution in [2.45, 2.75) is 204 Å². The molecule has 4 heterocycles. The smallest absolute Gasteiger partial charge is 0.169 e. The van der Waals surface area contributed by atoms with E-state index in [4.69, 9.17) is 43.6 Å². The van der Waals surface area contributed by atoms with Crippen molar-refractivity contribution < 1.29 is 23.7 Å². The quantitative estimate of drug-likeness (QED) is 0.0716. The Bertz CT molecular complexity index is 1790. The maximum atomic E-state index is 7.46. The lowest BCUT2D eigenvalue weighted by Gasteiger charge is -2.36. The monoisotopic (exact) mass is 859 g/mol. The fraction of sp³-hybridized carbons (Fsp3) is 0.630. The maximum Gasteiger partial charge on any atom is 0.169 e. The predicted molar refractivity (Wildman–Crippen MR) is 249 cm³/mol. The standard InChI is InChI=1S/C54H74N4O5/c1-3-5-7-9-11-15-21-49-55-35-45(36-56-49)41-23-27-43(28-24-41)51(47-39-59-53(62-47)31-17-13-18-32-53)61-52(48-40-60-54(63-48)33-19-14-20-34-54)44-29-25-42(26-30-44)46-37-57-50(58-38-46)22-16-12-10-8-6-4-2/h23-30,35-38,47-48,51-52H,3-22,31-34,39-40H2,1-2H3. The van der Waals surface area contributed by atoms with Gasteiger partial charge in [-0.25, -0.2) is 19.9 Å². The van der Waals surface area contributed by atoms with Gasteiger partial charge in [0.1, 0.15) is 36.1 Å². The second kappa shape index (κ2) is 23.0. The Morgan fingerprint density at radius 2 is 0.841 bits per heavy atom. The molecule has 0 bridgehead atoms. The number of hydrogen-bond donors (Lipinski definition) is 0. The molecular formula is C54H74N4O5. The van der Waals surface area contributed by atoms with E-state index in [1.165, 1.54) is 77.0 Å². The fourth-order valence-electron chi connectivity index (χ4n) is 10.2. The van der Waals surface area contributed by atoms with E-state index in [1.54, 1.807) is 0 Å². The van der Waals surface area contributed by atoms with Crippen molar-refractivity contribution in [3.05, 3.63) is 96.1 Å². The van der Waals surface area contributed by atoms with Crippen molar-refractivity contribution in [3.8, 4) is 22.3 Å².